The molecule has 0 radical (unpaired) electrons. The Bertz CT molecular complexity index is 520. The van der Waals surface area contributed by atoms with E-state index >= 15 is 0 Å². The standard InChI is InChI=1S/C18H22O2/c19-16(20)11-17-7-13-6-14(8-17)10-18(9-13,12-17)15-4-2-1-3-5-15/h1-5,13-14H,6-12H2,(H,19,20). The van der Waals surface area contributed by atoms with E-state index in [0.29, 0.717) is 6.42 Å². The molecule has 4 aliphatic carbocycles. The SMILES string of the molecule is O=C(O)CC12CC3CC(C1)CC(c1ccccc1)(C3)C2. The molecule has 1 N–H and O–H groups in total. The molecule has 106 valence electrons. The lowest BCUT2D eigenvalue weighted by molar-refractivity contribution is -0.146. The summed E-state index contributed by atoms with van der Waals surface area (Å²) in [7, 11) is 0. The predicted octanol–water partition coefficient (Wildman–Crippen LogP) is 4.00. The molecule has 0 saturated heterocycles. The van der Waals surface area contributed by atoms with Crippen molar-refractivity contribution in [3.05, 3.63) is 35.9 Å². The van der Waals surface area contributed by atoms with Gasteiger partial charge in [-0.05, 0) is 66.8 Å². The molecule has 5 rings (SSSR count). The quantitative estimate of drug-likeness (QED) is 0.901. The zero-order valence-corrected chi connectivity index (χ0v) is 11.8. The molecular weight excluding hydrogens is 248 g/mol. The number of aliphatic carboxylic acids is 1. The normalized spacial score (nSPS) is 41.8. The zero-order valence-electron chi connectivity index (χ0n) is 11.8. The summed E-state index contributed by atoms with van der Waals surface area (Å²) in [5, 5.41) is 9.33. The second kappa shape index (κ2) is 4.09. The smallest absolute Gasteiger partial charge is 0.303 e. The topological polar surface area (TPSA) is 37.3 Å². The van der Waals surface area contributed by atoms with E-state index in [0.717, 1.165) is 31.1 Å². The van der Waals surface area contributed by atoms with Crippen molar-refractivity contribution < 1.29 is 9.90 Å². The van der Waals surface area contributed by atoms with E-state index in [-0.39, 0.29) is 10.8 Å². The van der Waals surface area contributed by atoms with Crippen molar-refractivity contribution in [3.63, 3.8) is 0 Å². The highest BCUT2D eigenvalue weighted by Crippen LogP contribution is 2.66. The molecule has 0 aromatic heterocycles. The third kappa shape index (κ3) is 1.81. The highest BCUT2D eigenvalue weighted by molar-refractivity contribution is 5.68. The van der Waals surface area contributed by atoms with Crippen molar-refractivity contribution in [2.24, 2.45) is 17.3 Å². The van der Waals surface area contributed by atoms with E-state index in [1.165, 1.54) is 24.8 Å². The van der Waals surface area contributed by atoms with Crippen LogP contribution in [-0.4, -0.2) is 11.1 Å². The van der Waals surface area contributed by atoms with E-state index in [1.54, 1.807) is 0 Å². The van der Waals surface area contributed by atoms with Gasteiger partial charge in [-0.15, -0.1) is 0 Å². The highest BCUT2D eigenvalue weighted by atomic mass is 16.4. The monoisotopic (exact) mass is 270 g/mol. The Hall–Kier alpha value is -1.31. The minimum absolute atomic E-state index is 0.0890. The Morgan fingerprint density at radius 1 is 1.10 bits per heavy atom. The first kappa shape index (κ1) is 12.4. The Labute approximate surface area is 120 Å². The maximum atomic E-state index is 11.3. The summed E-state index contributed by atoms with van der Waals surface area (Å²) in [6.07, 6.45) is 7.71. The molecule has 2 atom stereocenters. The van der Waals surface area contributed by atoms with Gasteiger partial charge in [-0.25, -0.2) is 0 Å². The molecule has 2 nitrogen and oxygen atoms in total. The lowest BCUT2D eigenvalue weighted by atomic mass is 9.42. The van der Waals surface area contributed by atoms with E-state index in [1.807, 2.05) is 0 Å². The average molecular weight is 270 g/mol. The summed E-state index contributed by atoms with van der Waals surface area (Å²) in [6, 6.07) is 10.9. The Kier molecular flexibility index (Phi) is 2.55. The number of carboxylic acids is 1. The minimum Gasteiger partial charge on any atom is -0.481 e. The summed E-state index contributed by atoms with van der Waals surface area (Å²) in [5.74, 6) is 0.918. The van der Waals surface area contributed by atoms with Crippen LogP contribution in [-0.2, 0) is 10.2 Å². The fourth-order valence-corrected chi connectivity index (χ4v) is 6.11. The average Bonchev–Trinajstić information content (AvgIpc) is 2.36. The molecule has 1 aromatic carbocycles. The van der Waals surface area contributed by atoms with Crippen molar-refractivity contribution in [1.82, 2.24) is 0 Å². The molecule has 0 spiro atoms. The van der Waals surface area contributed by atoms with Crippen LogP contribution in [0.15, 0.2) is 30.3 Å². The first-order valence-electron chi connectivity index (χ1n) is 7.87. The molecule has 0 amide bonds. The van der Waals surface area contributed by atoms with Crippen LogP contribution in [0.1, 0.15) is 50.5 Å². The summed E-state index contributed by atoms with van der Waals surface area (Å²) in [4.78, 5) is 11.3. The molecule has 4 fully saturated rings. The largest absolute Gasteiger partial charge is 0.481 e. The highest BCUT2D eigenvalue weighted by Gasteiger charge is 2.58. The molecule has 4 bridgehead atoms. The fourth-order valence-electron chi connectivity index (χ4n) is 6.11. The van der Waals surface area contributed by atoms with E-state index in [2.05, 4.69) is 30.3 Å². The third-order valence-electron chi connectivity index (χ3n) is 6.09. The first-order valence-corrected chi connectivity index (χ1v) is 7.87. The number of carboxylic acid groups (broad SMARTS) is 1. The number of benzene rings is 1. The van der Waals surface area contributed by atoms with Crippen LogP contribution in [0, 0.1) is 17.3 Å². The van der Waals surface area contributed by atoms with Gasteiger partial charge in [0.15, 0.2) is 0 Å². The molecule has 2 unspecified atom stereocenters. The molecule has 2 heteroatoms. The number of hydrogen-bond acceptors (Lipinski definition) is 1. The minimum atomic E-state index is -0.602. The zero-order chi connectivity index (χ0) is 13.8. The summed E-state index contributed by atoms with van der Waals surface area (Å²) >= 11 is 0. The van der Waals surface area contributed by atoms with Crippen LogP contribution in [0.3, 0.4) is 0 Å². The van der Waals surface area contributed by atoms with Crippen molar-refractivity contribution in [2.45, 2.75) is 50.4 Å². The van der Waals surface area contributed by atoms with Crippen molar-refractivity contribution in [3.8, 4) is 0 Å². The lowest BCUT2D eigenvalue weighted by Crippen LogP contribution is -2.54. The lowest BCUT2D eigenvalue weighted by Gasteiger charge is -2.62. The van der Waals surface area contributed by atoms with Crippen LogP contribution in [0.4, 0.5) is 0 Å². The summed E-state index contributed by atoms with van der Waals surface area (Å²) in [5.41, 5.74) is 1.83. The molecule has 0 heterocycles. The summed E-state index contributed by atoms with van der Waals surface area (Å²) < 4.78 is 0. The molecule has 1 aromatic rings. The van der Waals surface area contributed by atoms with Crippen LogP contribution >= 0.6 is 0 Å². The third-order valence-corrected chi connectivity index (χ3v) is 6.09. The first-order chi connectivity index (χ1) is 9.59. The van der Waals surface area contributed by atoms with Gasteiger partial charge in [-0.1, -0.05) is 30.3 Å². The van der Waals surface area contributed by atoms with Crippen LogP contribution in [0.5, 0.6) is 0 Å². The van der Waals surface area contributed by atoms with E-state index in [9.17, 15) is 9.90 Å². The second-order valence-electron chi connectivity index (χ2n) is 7.68. The van der Waals surface area contributed by atoms with Crippen LogP contribution < -0.4 is 0 Å². The second-order valence-corrected chi connectivity index (χ2v) is 7.68. The van der Waals surface area contributed by atoms with Crippen molar-refractivity contribution >= 4 is 5.97 Å². The van der Waals surface area contributed by atoms with Crippen LogP contribution in [0.25, 0.3) is 0 Å². The van der Waals surface area contributed by atoms with Crippen LogP contribution in [0.2, 0.25) is 0 Å². The maximum absolute atomic E-state index is 11.3. The summed E-state index contributed by atoms with van der Waals surface area (Å²) in [6.45, 7) is 0. The van der Waals surface area contributed by atoms with Gasteiger partial charge in [0, 0.05) is 0 Å². The Morgan fingerprint density at radius 2 is 1.75 bits per heavy atom. The van der Waals surface area contributed by atoms with Gasteiger partial charge in [-0.3, -0.25) is 4.79 Å². The number of rotatable bonds is 3. The van der Waals surface area contributed by atoms with E-state index < -0.39 is 5.97 Å². The van der Waals surface area contributed by atoms with Gasteiger partial charge < -0.3 is 5.11 Å². The molecule has 0 aliphatic heterocycles. The molecule has 20 heavy (non-hydrogen) atoms. The predicted molar refractivity (Wildman–Crippen MR) is 77.5 cm³/mol. The molecule has 4 saturated carbocycles. The Balaban J connectivity index is 1.74. The molecule has 4 aliphatic rings. The van der Waals surface area contributed by atoms with Gasteiger partial charge in [0.2, 0.25) is 0 Å². The van der Waals surface area contributed by atoms with Gasteiger partial charge in [-0.2, -0.15) is 0 Å². The number of hydrogen-bond donors (Lipinski definition) is 1. The van der Waals surface area contributed by atoms with Gasteiger partial charge >= 0.3 is 5.97 Å². The fraction of sp³-hybridized carbons (Fsp3) is 0.611. The molecular formula is C18H22O2. The van der Waals surface area contributed by atoms with Gasteiger partial charge in [0.05, 0.1) is 6.42 Å². The van der Waals surface area contributed by atoms with E-state index in [4.69, 9.17) is 0 Å². The number of carbonyl (C=O) groups is 1. The van der Waals surface area contributed by atoms with Crippen molar-refractivity contribution in [1.29, 1.82) is 0 Å². The Morgan fingerprint density at radius 3 is 2.35 bits per heavy atom. The van der Waals surface area contributed by atoms with Gasteiger partial charge in [0.25, 0.3) is 0 Å². The maximum Gasteiger partial charge on any atom is 0.303 e. The van der Waals surface area contributed by atoms with Gasteiger partial charge in [0.1, 0.15) is 0 Å². The van der Waals surface area contributed by atoms with Crippen molar-refractivity contribution in [2.75, 3.05) is 0 Å².